The SMILES string of the molecule is COc1ccc(N(CC[NH+]2CCCCC2)Cc2ccccn2)cc1.[Cl-]. The number of pyridine rings is 1. The van der Waals surface area contributed by atoms with E-state index in [0.29, 0.717) is 0 Å². The molecule has 0 atom stereocenters. The first-order chi connectivity index (χ1) is 11.8. The Kier molecular flexibility index (Phi) is 8.02. The molecule has 0 aliphatic carbocycles. The van der Waals surface area contributed by atoms with Gasteiger partial charge < -0.3 is 26.9 Å². The molecule has 1 aromatic carbocycles. The summed E-state index contributed by atoms with van der Waals surface area (Å²) in [5, 5.41) is 0. The van der Waals surface area contributed by atoms with Crippen LogP contribution in [0.4, 0.5) is 5.69 Å². The van der Waals surface area contributed by atoms with Crippen LogP contribution in [0.3, 0.4) is 0 Å². The first-order valence-electron chi connectivity index (χ1n) is 8.97. The average Bonchev–Trinajstić information content (AvgIpc) is 2.67. The number of quaternary nitrogens is 1. The zero-order chi connectivity index (χ0) is 16.6. The molecular weight excluding hydrogens is 334 g/mol. The summed E-state index contributed by atoms with van der Waals surface area (Å²) in [6.07, 6.45) is 6.02. The van der Waals surface area contributed by atoms with E-state index in [1.54, 1.807) is 12.0 Å². The molecule has 1 aromatic heterocycles. The van der Waals surface area contributed by atoms with Gasteiger partial charge in [0.15, 0.2) is 0 Å². The number of benzene rings is 1. The van der Waals surface area contributed by atoms with Gasteiger partial charge >= 0.3 is 0 Å². The van der Waals surface area contributed by atoms with Gasteiger partial charge in [0.25, 0.3) is 0 Å². The van der Waals surface area contributed by atoms with Crippen molar-refractivity contribution >= 4 is 5.69 Å². The summed E-state index contributed by atoms with van der Waals surface area (Å²) < 4.78 is 5.29. The highest BCUT2D eigenvalue weighted by Gasteiger charge is 2.16. The van der Waals surface area contributed by atoms with Gasteiger partial charge in [0.05, 0.1) is 45.5 Å². The molecule has 1 aliphatic heterocycles. The number of halogens is 1. The van der Waals surface area contributed by atoms with E-state index < -0.39 is 0 Å². The highest BCUT2D eigenvalue weighted by Crippen LogP contribution is 2.20. The maximum absolute atomic E-state index is 5.29. The van der Waals surface area contributed by atoms with Crippen LogP contribution in [0.15, 0.2) is 48.7 Å². The number of hydrogen-bond donors (Lipinski definition) is 1. The third-order valence-electron chi connectivity index (χ3n) is 4.81. The monoisotopic (exact) mass is 361 g/mol. The third-order valence-corrected chi connectivity index (χ3v) is 4.81. The number of anilines is 1. The minimum Gasteiger partial charge on any atom is -1.00 e. The highest BCUT2D eigenvalue weighted by molar-refractivity contribution is 5.49. The molecule has 0 radical (unpaired) electrons. The lowest BCUT2D eigenvalue weighted by atomic mass is 10.1. The second-order valence-corrected chi connectivity index (χ2v) is 6.50. The molecule has 0 unspecified atom stereocenters. The van der Waals surface area contributed by atoms with E-state index in [1.807, 2.05) is 24.4 Å². The van der Waals surface area contributed by atoms with Gasteiger partial charge in [0.1, 0.15) is 5.75 Å². The fraction of sp³-hybridized carbons (Fsp3) is 0.450. The average molecular weight is 362 g/mol. The Morgan fingerprint density at radius 3 is 2.44 bits per heavy atom. The maximum Gasteiger partial charge on any atom is 0.119 e. The van der Waals surface area contributed by atoms with Gasteiger partial charge in [-0.15, -0.1) is 0 Å². The maximum atomic E-state index is 5.29. The van der Waals surface area contributed by atoms with Crippen LogP contribution in [0.25, 0.3) is 0 Å². The Labute approximate surface area is 157 Å². The van der Waals surface area contributed by atoms with Gasteiger partial charge in [0.2, 0.25) is 0 Å². The predicted octanol–water partition coefficient (Wildman–Crippen LogP) is -0.830. The number of nitrogens with zero attached hydrogens (tertiary/aromatic N) is 2. The Balaban J connectivity index is 0.00000225. The Morgan fingerprint density at radius 2 is 1.80 bits per heavy atom. The van der Waals surface area contributed by atoms with Crippen molar-refractivity contribution in [3.63, 3.8) is 0 Å². The summed E-state index contributed by atoms with van der Waals surface area (Å²) in [5.74, 6) is 0.901. The largest absolute Gasteiger partial charge is 1.00 e. The third kappa shape index (κ3) is 5.91. The molecule has 1 aliphatic rings. The lowest BCUT2D eigenvalue weighted by molar-refractivity contribution is -0.903. The number of nitrogens with one attached hydrogen (secondary N) is 1. The molecule has 0 saturated carbocycles. The van der Waals surface area contributed by atoms with Crippen molar-refractivity contribution in [2.24, 2.45) is 0 Å². The van der Waals surface area contributed by atoms with Crippen LogP contribution in [-0.2, 0) is 6.54 Å². The molecule has 1 fully saturated rings. The van der Waals surface area contributed by atoms with Crippen molar-refractivity contribution in [1.82, 2.24) is 4.98 Å². The van der Waals surface area contributed by atoms with Gasteiger partial charge in [0, 0.05) is 11.9 Å². The fourth-order valence-electron chi connectivity index (χ4n) is 3.37. The number of aromatic nitrogens is 1. The zero-order valence-electron chi connectivity index (χ0n) is 15.0. The Morgan fingerprint density at radius 1 is 1.04 bits per heavy atom. The van der Waals surface area contributed by atoms with Crippen LogP contribution in [-0.4, -0.2) is 38.3 Å². The summed E-state index contributed by atoms with van der Waals surface area (Å²) in [4.78, 5) is 8.67. The number of methoxy groups -OCH3 is 1. The van der Waals surface area contributed by atoms with Crippen LogP contribution in [0.1, 0.15) is 25.0 Å². The van der Waals surface area contributed by atoms with E-state index in [0.717, 1.165) is 24.5 Å². The van der Waals surface area contributed by atoms with Crippen LogP contribution < -0.4 is 26.9 Å². The van der Waals surface area contributed by atoms with Gasteiger partial charge in [-0.05, 0) is 55.7 Å². The minimum atomic E-state index is 0. The molecule has 0 spiro atoms. The number of piperidine rings is 1. The van der Waals surface area contributed by atoms with Crippen molar-refractivity contribution in [3.8, 4) is 5.75 Å². The van der Waals surface area contributed by atoms with Crippen LogP contribution in [0.2, 0.25) is 0 Å². The van der Waals surface area contributed by atoms with Crippen molar-refractivity contribution < 1.29 is 22.0 Å². The molecule has 1 N–H and O–H groups in total. The standard InChI is InChI=1S/C20H27N3O.ClH/c1-24-20-10-8-19(9-11-20)23(17-18-7-3-4-12-21-18)16-15-22-13-5-2-6-14-22;/h3-4,7-12H,2,5-6,13-17H2,1H3;1H. The zero-order valence-corrected chi connectivity index (χ0v) is 15.7. The van der Waals surface area contributed by atoms with E-state index in [2.05, 4.69) is 34.1 Å². The first kappa shape index (κ1) is 19.5. The Bertz CT molecular complexity index is 600. The number of likely N-dealkylation sites (tertiary alicyclic amines) is 1. The molecule has 0 bridgehead atoms. The van der Waals surface area contributed by atoms with Crippen LogP contribution in [0.5, 0.6) is 5.75 Å². The number of rotatable bonds is 7. The van der Waals surface area contributed by atoms with E-state index >= 15 is 0 Å². The first-order valence-corrected chi connectivity index (χ1v) is 8.97. The lowest BCUT2D eigenvalue weighted by Gasteiger charge is -2.29. The van der Waals surface area contributed by atoms with E-state index in [-0.39, 0.29) is 12.4 Å². The van der Waals surface area contributed by atoms with Gasteiger partial charge in [-0.2, -0.15) is 0 Å². The van der Waals surface area contributed by atoms with Crippen LogP contribution >= 0.6 is 0 Å². The van der Waals surface area contributed by atoms with Crippen molar-refractivity contribution in [3.05, 3.63) is 54.4 Å². The molecule has 0 amide bonds. The molecule has 5 heteroatoms. The fourth-order valence-corrected chi connectivity index (χ4v) is 3.37. The van der Waals surface area contributed by atoms with E-state index in [1.165, 1.54) is 44.6 Å². The summed E-state index contributed by atoms with van der Waals surface area (Å²) >= 11 is 0. The van der Waals surface area contributed by atoms with Crippen molar-refractivity contribution in [2.75, 3.05) is 38.2 Å². The molecule has 4 nitrogen and oxygen atoms in total. The predicted molar refractivity (Wildman–Crippen MR) is 97.7 cm³/mol. The normalized spacial score (nSPS) is 14.6. The highest BCUT2D eigenvalue weighted by atomic mass is 35.5. The molecule has 136 valence electrons. The summed E-state index contributed by atoms with van der Waals surface area (Å²) in [6.45, 7) is 5.73. The van der Waals surface area contributed by atoms with Gasteiger partial charge in [-0.25, -0.2) is 0 Å². The number of ether oxygens (including phenoxy) is 1. The number of hydrogen-bond acceptors (Lipinski definition) is 3. The van der Waals surface area contributed by atoms with E-state index in [4.69, 9.17) is 4.74 Å². The smallest absolute Gasteiger partial charge is 0.119 e. The lowest BCUT2D eigenvalue weighted by Crippen LogP contribution is -3.13. The second-order valence-electron chi connectivity index (χ2n) is 6.50. The molecule has 25 heavy (non-hydrogen) atoms. The van der Waals surface area contributed by atoms with Crippen LogP contribution in [0, 0.1) is 0 Å². The summed E-state index contributed by atoms with van der Waals surface area (Å²) in [6, 6.07) is 14.5. The van der Waals surface area contributed by atoms with Gasteiger partial charge in [-0.3, -0.25) is 4.98 Å². The Hall–Kier alpha value is -1.78. The molecule has 1 saturated heterocycles. The molecular formula is C20H28ClN3O. The van der Waals surface area contributed by atoms with Crippen molar-refractivity contribution in [2.45, 2.75) is 25.8 Å². The summed E-state index contributed by atoms with van der Waals surface area (Å²) in [7, 11) is 1.71. The summed E-state index contributed by atoms with van der Waals surface area (Å²) in [5.41, 5.74) is 2.35. The molecule has 3 rings (SSSR count). The van der Waals surface area contributed by atoms with Crippen molar-refractivity contribution in [1.29, 1.82) is 0 Å². The second kappa shape index (κ2) is 10.3. The molecule has 2 heterocycles. The molecule has 2 aromatic rings. The quantitative estimate of drug-likeness (QED) is 0.698. The minimum absolute atomic E-state index is 0. The van der Waals surface area contributed by atoms with E-state index in [9.17, 15) is 0 Å². The topological polar surface area (TPSA) is 29.8 Å². The van der Waals surface area contributed by atoms with Gasteiger partial charge in [-0.1, -0.05) is 6.07 Å².